The highest BCUT2D eigenvalue weighted by Crippen LogP contribution is 2.32. The lowest BCUT2D eigenvalue weighted by Crippen LogP contribution is -1.86. The number of pyridine rings is 1. The number of ether oxygens (including phenoxy) is 1. The van der Waals surface area contributed by atoms with E-state index in [4.69, 9.17) is 27.9 Å². The third-order valence-corrected chi connectivity index (χ3v) is 2.53. The Morgan fingerprint density at radius 1 is 1.00 bits per heavy atom. The van der Waals surface area contributed by atoms with E-state index in [2.05, 4.69) is 4.98 Å². The van der Waals surface area contributed by atoms with Crippen LogP contribution in [0.25, 0.3) is 0 Å². The molecule has 0 spiro atoms. The van der Waals surface area contributed by atoms with Gasteiger partial charge in [0.1, 0.15) is 10.8 Å². The van der Waals surface area contributed by atoms with Crippen LogP contribution in [-0.4, -0.2) is 4.98 Å². The fourth-order valence-corrected chi connectivity index (χ4v) is 1.40. The maximum Gasteiger partial charge on any atom is 0.151 e. The van der Waals surface area contributed by atoms with Crippen molar-refractivity contribution in [2.24, 2.45) is 0 Å². The highest BCUT2D eigenvalue weighted by Gasteiger charge is 2.06. The molecule has 2 aromatic rings. The Kier molecular flexibility index (Phi) is 3.09. The van der Waals surface area contributed by atoms with Crippen molar-refractivity contribution in [3.8, 4) is 11.5 Å². The molecule has 76 valence electrons. The topological polar surface area (TPSA) is 22.1 Å². The van der Waals surface area contributed by atoms with E-state index in [0.717, 1.165) is 0 Å². The summed E-state index contributed by atoms with van der Waals surface area (Å²) >= 11 is 11.7. The van der Waals surface area contributed by atoms with Gasteiger partial charge in [-0.05, 0) is 12.1 Å². The fraction of sp³-hybridized carbons (Fsp3) is 0. The molecule has 0 aliphatic carbocycles. The van der Waals surface area contributed by atoms with Gasteiger partial charge in [-0.2, -0.15) is 0 Å². The van der Waals surface area contributed by atoms with Crippen molar-refractivity contribution in [3.63, 3.8) is 0 Å². The molecule has 1 aromatic carbocycles. The minimum Gasteiger partial charge on any atom is -0.456 e. The second-order valence-corrected chi connectivity index (χ2v) is 3.56. The smallest absolute Gasteiger partial charge is 0.151 e. The van der Waals surface area contributed by atoms with Crippen LogP contribution in [0.3, 0.4) is 0 Å². The Labute approximate surface area is 97.4 Å². The number of nitrogens with zero attached hydrogens (tertiary/aromatic N) is 1. The van der Waals surface area contributed by atoms with Gasteiger partial charge in [-0.3, -0.25) is 0 Å². The van der Waals surface area contributed by atoms with Crippen molar-refractivity contribution in [2.75, 3.05) is 0 Å². The summed E-state index contributed by atoms with van der Waals surface area (Å²) in [7, 11) is 0. The minimum absolute atomic E-state index is 0.241. The van der Waals surface area contributed by atoms with Crippen LogP contribution in [-0.2, 0) is 0 Å². The zero-order chi connectivity index (χ0) is 10.7. The molecule has 1 heterocycles. The van der Waals surface area contributed by atoms with Crippen molar-refractivity contribution in [1.29, 1.82) is 0 Å². The number of rotatable bonds is 2. The number of aromatic nitrogens is 1. The molecular formula is C11H7Cl2NO. The minimum atomic E-state index is 0.241. The molecule has 0 N–H and O–H groups in total. The normalized spacial score (nSPS) is 10.0. The predicted molar refractivity (Wildman–Crippen MR) is 60.8 cm³/mol. The first-order valence-corrected chi connectivity index (χ1v) is 5.06. The van der Waals surface area contributed by atoms with Gasteiger partial charge in [0.2, 0.25) is 0 Å². The van der Waals surface area contributed by atoms with E-state index in [9.17, 15) is 0 Å². The van der Waals surface area contributed by atoms with Crippen molar-refractivity contribution >= 4 is 23.2 Å². The fourth-order valence-electron chi connectivity index (χ4n) is 1.10. The van der Waals surface area contributed by atoms with E-state index in [1.54, 1.807) is 12.3 Å². The molecule has 0 atom stereocenters. The quantitative estimate of drug-likeness (QED) is 0.734. The molecule has 0 saturated carbocycles. The van der Waals surface area contributed by atoms with Gasteiger partial charge >= 0.3 is 0 Å². The molecule has 0 radical (unpaired) electrons. The molecule has 0 fully saturated rings. The van der Waals surface area contributed by atoms with E-state index in [1.807, 2.05) is 30.3 Å². The van der Waals surface area contributed by atoms with Gasteiger partial charge in [0.05, 0.1) is 0 Å². The highest BCUT2D eigenvalue weighted by atomic mass is 35.5. The van der Waals surface area contributed by atoms with Gasteiger partial charge in [0.25, 0.3) is 0 Å². The van der Waals surface area contributed by atoms with Crippen LogP contribution in [0, 0.1) is 0 Å². The average molecular weight is 240 g/mol. The first kappa shape index (κ1) is 10.3. The zero-order valence-electron chi connectivity index (χ0n) is 7.65. The average Bonchev–Trinajstić information content (AvgIpc) is 2.26. The third-order valence-electron chi connectivity index (χ3n) is 1.78. The highest BCUT2D eigenvalue weighted by molar-refractivity contribution is 6.42. The molecule has 0 aliphatic heterocycles. The van der Waals surface area contributed by atoms with Crippen LogP contribution >= 0.6 is 23.2 Å². The molecule has 0 saturated heterocycles. The number of hydrogen-bond acceptors (Lipinski definition) is 2. The molecular weight excluding hydrogens is 233 g/mol. The Morgan fingerprint density at radius 2 is 1.73 bits per heavy atom. The van der Waals surface area contributed by atoms with Crippen LogP contribution in [0.2, 0.25) is 10.2 Å². The zero-order valence-corrected chi connectivity index (χ0v) is 9.16. The molecule has 1 aromatic heterocycles. The number of halogens is 2. The first-order chi connectivity index (χ1) is 7.27. The second-order valence-electron chi connectivity index (χ2n) is 2.83. The van der Waals surface area contributed by atoms with Crippen molar-refractivity contribution in [2.45, 2.75) is 0 Å². The van der Waals surface area contributed by atoms with Gasteiger partial charge in [-0.15, -0.1) is 0 Å². The summed E-state index contributed by atoms with van der Waals surface area (Å²) < 4.78 is 5.53. The molecule has 0 bridgehead atoms. The number of benzene rings is 1. The largest absolute Gasteiger partial charge is 0.456 e. The van der Waals surface area contributed by atoms with Gasteiger partial charge in [0, 0.05) is 12.3 Å². The molecule has 0 amide bonds. The maximum absolute atomic E-state index is 5.92. The van der Waals surface area contributed by atoms with Gasteiger partial charge in [-0.1, -0.05) is 41.4 Å². The second kappa shape index (κ2) is 4.51. The predicted octanol–water partition coefficient (Wildman–Crippen LogP) is 4.18. The molecule has 4 heteroatoms. The van der Waals surface area contributed by atoms with Crippen LogP contribution in [0.4, 0.5) is 0 Å². The molecule has 2 nitrogen and oxygen atoms in total. The first-order valence-electron chi connectivity index (χ1n) is 4.30. The summed E-state index contributed by atoms with van der Waals surface area (Å²) in [6.45, 7) is 0. The molecule has 0 unspecified atom stereocenters. The SMILES string of the molecule is Clc1nccc(Oc2ccccc2)c1Cl. The van der Waals surface area contributed by atoms with Crippen molar-refractivity contribution in [1.82, 2.24) is 4.98 Å². The summed E-state index contributed by atoms with van der Waals surface area (Å²) in [6, 6.07) is 11.0. The van der Waals surface area contributed by atoms with E-state index >= 15 is 0 Å². The standard InChI is InChI=1S/C11H7Cl2NO/c12-10-9(6-7-14-11(10)13)15-8-4-2-1-3-5-8/h1-7H. The summed E-state index contributed by atoms with van der Waals surface area (Å²) in [6.07, 6.45) is 1.55. The van der Waals surface area contributed by atoms with Crippen LogP contribution in [0.5, 0.6) is 11.5 Å². The Balaban J connectivity index is 2.29. The van der Waals surface area contributed by atoms with Crippen LogP contribution in [0.15, 0.2) is 42.6 Å². The third kappa shape index (κ3) is 2.41. The van der Waals surface area contributed by atoms with E-state index in [0.29, 0.717) is 16.5 Å². The summed E-state index contributed by atoms with van der Waals surface area (Å²) in [5.74, 6) is 1.21. The van der Waals surface area contributed by atoms with Gasteiger partial charge in [-0.25, -0.2) is 4.98 Å². The molecule has 2 rings (SSSR count). The lowest BCUT2D eigenvalue weighted by atomic mass is 10.3. The van der Waals surface area contributed by atoms with Crippen LogP contribution in [0.1, 0.15) is 0 Å². The van der Waals surface area contributed by atoms with Crippen molar-refractivity contribution < 1.29 is 4.74 Å². The lowest BCUT2D eigenvalue weighted by molar-refractivity contribution is 0.482. The summed E-state index contributed by atoms with van der Waals surface area (Å²) in [5, 5.41) is 0.563. The maximum atomic E-state index is 5.92. The summed E-state index contributed by atoms with van der Waals surface area (Å²) in [4.78, 5) is 3.83. The molecule has 15 heavy (non-hydrogen) atoms. The number of hydrogen-bond donors (Lipinski definition) is 0. The number of para-hydroxylation sites is 1. The lowest BCUT2D eigenvalue weighted by Gasteiger charge is -2.07. The van der Waals surface area contributed by atoms with Gasteiger partial charge in [0.15, 0.2) is 10.9 Å². The van der Waals surface area contributed by atoms with Crippen LogP contribution < -0.4 is 4.74 Å². The molecule has 0 aliphatic rings. The van der Waals surface area contributed by atoms with E-state index in [1.165, 1.54) is 0 Å². The van der Waals surface area contributed by atoms with Gasteiger partial charge < -0.3 is 4.74 Å². The van der Waals surface area contributed by atoms with Crippen molar-refractivity contribution in [3.05, 3.63) is 52.8 Å². The van der Waals surface area contributed by atoms with E-state index in [-0.39, 0.29) is 5.15 Å². The van der Waals surface area contributed by atoms with E-state index < -0.39 is 0 Å². The summed E-state index contributed by atoms with van der Waals surface area (Å²) in [5.41, 5.74) is 0. The Hall–Kier alpha value is -1.25. The Morgan fingerprint density at radius 3 is 2.47 bits per heavy atom. The Bertz CT molecular complexity index is 459. The monoisotopic (exact) mass is 239 g/mol.